The summed E-state index contributed by atoms with van der Waals surface area (Å²) in [5, 5.41) is 2.97. The van der Waals surface area contributed by atoms with Crippen molar-refractivity contribution in [2.75, 3.05) is 24.5 Å². The fourth-order valence-corrected chi connectivity index (χ4v) is 3.43. The first-order valence-corrected chi connectivity index (χ1v) is 9.22. The highest BCUT2D eigenvalue weighted by atomic mass is 19.1. The second kappa shape index (κ2) is 7.85. The van der Waals surface area contributed by atoms with Gasteiger partial charge in [-0.15, -0.1) is 0 Å². The second-order valence-electron chi connectivity index (χ2n) is 7.47. The molecule has 0 spiro atoms. The number of carbonyl (C=O) groups excluding carboxylic acids is 1. The number of pyridine rings is 1. The van der Waals surface area contributed by atoms with E-state index in [2.05, 4.69) is 15.2 Å². The Balaban J connectivity index is 1.73. The predicted octanol–water partition coefficient (Wildman–Crippen LogP) is 3.92. The number of nitrogens with one attached hydrogen (secondary N) is 1. The van der Waals surface area contributed by atoms with Gasteiger partial charge in [0.25, 0.3) is 5.91 Å². The van der Waals surface area contributed by atoms with Crippen molar-refractivity contribution >= 4 is 11.7 Å². The smallest absolute Gasteiger partial charge is 0.255 e. The van der Waals surface area contributed by atoms with E-state index in [0.717, 1.165) is 31.7 Å². The van der Waals surface area contributed by atoms with Crippen LogP contribution in [-0.2, 0) is 5.41 Å². The molecule has 0 radical (unpaired) electrons. The summed E-state index contributed by atoms with van der Waals surface area (Å²) in [6.45, 7) is 6.07. The van der Waals surface area contributed by atoms with Crippen molar-refractivity contribution in [3.8, 4) is 0 Å². The van der Waals surface area contributed by atoms with Crippen LogP contribution in [0.4, 0.5) is 10.2 Å². The van der Waals surface area contributed by atoms with Gasteiger partial charge in [-0.1, -0.05) is 32.0 Å². The Morgan fingerprint density at radius 3 is 2.62 bits per heavy atom. The van der Waals surface area contributed by atoms with Gasteiger partial charge in [0, 0.05) is 31.2 Å². The van der Waals surface area contributed by atoms with Crippen molar-refractivity contribution in [3.63, 3.8) is 0 Å². The Bertz CT molecular complexity index is 769. The van der Waals surface area contributed by atoms with Crippen LogP contribution in [0.25, 0.3) is 0 Å². The van der Waals surface area contributed by atoms with Gasteiger partial charge in [0.2, 0.25) is 0 Å². The molecule has 2 heterocycles. The van der Waals surface area contributed by atoms with Crippen LogP contribution in [0.2, 0.25) is 0 Å². The molecule has 1 aromatic carbocycles. The summed E-state index contributed by atoms with van der Waals surface area (Å²) in [7, 11) is 0. The van der Waals surface area contributed by atoms with Gasteiger partial charge in [0.05, 0.1) is 5.56 Å². The Labute approximate surface area is 154 Å². The molecule has 5 heteroatoms. The Hall–Kier alpha value is -2.43. The third-order valence-corrected chi connectivity index (χ3v) is 4.98. The fraction of sp³-hybridized carbons (Fsp3) is 0.429. The number of hydrogen-bond acceptors (Lipinski definition) is 3. The van der Waals surface area contributed by atoms with Crippen LogP contribution < -0.4 is 10.2 Å². The van der Waals surface area contributed by atoms with E-state index < -0.39 is 5.41 Å². The minimum absolute atomic E-state index is 0.164. The summed E-state index contributed by atoms with van der Waals surface area (Å²) >= 11 is 0. The maximum atomic E-state index is 14.1. The molecule has 1 N–H and O–H groups in total. The molecule has 1 aliphatic rings. The maximum absolute atomic E-state index is 14.1. The minimum Gasteiger partial charge on any atom is -0.356 e. The van der Waals surface area contributed by atoms with Crippen LogP contribution in [0.1, 0.15) is 49.0 Å². The number of benzene rings is 1. The average Bonchev–Trinajstić information content (AvgIpc) is 2.67. The number of anilines is 1. The highest BCUT2D eigenvalue weighted by Gasteiger charge is 2.26. The minimum atomic E-state index is -0.505. The van der Waals surface area contributed by atoms with E-state index in [1.165, 1.54) is 12.5 Å². The monoisotopic (exact) mass is 355 g/mol. The fourth-order valence-electron chi connectivity index (χ4n) is 3.43. The van der Waals surface area contributed by atoms with Crippen molar-refractivity contribution in [3.05, 3.63) is 59.5 Å². The van der Waals surface area contributed by atoms with Gasteiger partial charge in [0.1, 0.15) is 11.6 Å². The van der Waals surface area contributed by atoms with Crippen LogP contribution >= 0.6 is 0 Å². The molecule has 1 aromatic heterocycles. The zero-order valence-corrected chi connectivity index (χ0v) is 15.5. The second-order valence-corrected chi connectivity index (χ2v) is 7.47. The standard InChI is InChI=1S/C21H26FN3O/c1-21(2,17-10-4-5-11-18(17)22)15-24-20(26)16-9-8-12-23-19(16)25-13-6-3-7-14-25/h4-5,8-12H,3,6-7,13-15H2,1-2H3,(H,24,26). The molecular formula is C21H26FN3O. The molecule has 1 amide bonds. The number of amides is 1. The van der Waals surface area contributed by atoms with Crippen molar-refractivity contribution in [2.45, 2.75) is 38.5 Å². The van der Waals surface area contributed by atoms with E-state index in [-0.39, 0.29) is 11.7 Å². The molecule has 0 saturated carbocycles. The van der Waals surface area contributed by atoms with E-state index >= 15 is 0 Å². The molecule has 3 rings (SSSR count). The number of hydrogen-bond donors (Lipinski definition) is 1. The number of carbonyl (C=O) groups is 1. The van der Waals surface area contributed by atoms with E-state index in [0.29, 0.717) is 17.7 Å². The third kappa shape index (κ3) is 4.03. The number of nitrogens with zero attached hydrogens (tertiary/aromatic N) is 2. The zero-order valence-electron chi connectivity index (χ0n) is 15.5. The van der Waals surface area contributed by atoms with E-state index in [4.69, 9.17) is 0 Å². The van der Waals surface area contributed by atoms with Gasteiger partial charge in [0.15, 0.2) is 0 Å². The first-order valence-electron chi connectivity index (χ1n) is 9.22. The van der Waals surface area contributed by atoms with Gasteiger partial charge < -0.3 is 10.2 Å². The summed E-state index contributed by atoms with van der Waals surface area (Å²) in [5.41, 5.74) is 0.676. The Kier molecular flexibility index (Phi) is 5.55. The van der Waals surface area contributed by atoms with Crippen LogP contribution in [0.15, 0.2) is 42.6 Å². The summed E-state index contributed by atoms with van der Waals surface area (Å²) in [5.74, 6) is 0.332. The van der Waals surface area contributed by atoms with Crippen LogP contribution in [0, 0.1) is 5.82 Å². The van der Waals surface area contributed by atoms with E-state index in [9.17, 15) is 9.18 Å². The summed E-state index contributed by atoms with van der Waals surface area (Å²) < 4.78 is 14.1. The lowest BCUT2D eigenvalue weighted by molar-refractivity contribution is 0.0945. The quantitative estimate of drug-likeness (QED) is 0.884. The van der Waals surface area contributed by atoms with Crippen molar-refractivity contribution in [1.82, 2.24) is 10.3 Å². The highest BCUT2D eigenvalue weighted by Crippen LogP contribution is 2.26. The highest BCUT2D eigenvalue weighted by molar-refractivity contribution is 5.99. The summed E-state index contributed by atoms with van der Waals surface area (Å²) in [6, 6.07) is 10.3. The first kappa shape index (κ1) is 18.4. The molecule has 0 aliphatic carbocycles. The van der Waals surface area contributed by atoms with Gasteiger partial charge in [-0.2, -0.15) is 0 Å². The summed E-state index contributed by atoms with van der Waals surface area (Å²) in [4.78, 5) is 19.4. The first-order chi connectivity index (χ1) is 12.5. The molecule has 138 valence electrons. The van der Waals surface area contributed by atoms with Crippen LogP contribution in [-0.4, -0.2) is 30.5 Å². The molecule has 0 bridgehead atoms. The number of piperidine rings is 1. The van der Waals surface area contributed by atoms with Crippen molar-refractivity contribution < 1.29 is 9.18 Å². The molecular weight excluding hydrogens is 329 g/mol. The predicted molar refractivity (Wildman–Crippen MR) is 102 cm³/mol. The molecule has 2 aromatic rings. The molecule has 1 aliphatic heterocycles. The summed E-state index contributed by atoms with van der Waals surface area (Å²) in [6.07, 6.45) is 5.20. The topological polar surface area (TPSA) is 45.2 Å². The van der Waals surface area contributed by atoms with Gasteiger partial charge in [-0.05, 0) is 43.0 Å². The number of rotatable bonds is 5. The van der Waals surface area contributed by atoms with E-state index in [1.54, 1.807) is 24.4 Å². The van der Waals surface area contributed by atoms with Crippen molar-refractivity contribution in [2.24, 2.45) is 0 Å². The molecule has 0 unspecified atom stereocenters. The molecule has 1 fully saturated rings. The van der Waals surface area contributed by atoms with E-state index in [1.807, 2.05) is 26.0 Å². The molecule has 1 saturated heterocycles. The van der Waals surface area contributed by atoms with Crippen LogP contribution in [0.3, 0.4) is 0 Å². The largest absolute Gasteiger partial charge is 0.356 e. The number of aromatic nitrogens is 1. The zero-order chi connectivity index (χ0) is 18.6. The maximum Gasteiger partial charge on any atom is 0.255 e. The van der Waals surface area contributed by atoms with Gasteiger partial charge >= 0.3 is 0 Å². The lowest BCUT2D eigenvalue weighted by atomic mass is 9.84. The van der Waals surface area contributed by atoms with Crippen molar-refractivity contribution in [1.29, 1.82) is 0 Å². The molecule has 0 atom stereocenters. The van der Waals surface area contributed by atoms with Gasteiger partial charge in [-0.3, -0.25) is 4.79 Å². The molecule has 26 heavy (non-hydrogen) atoms. The lowest BCUT2D eigenvalue weighted by Crippen LogP contribution is -2.38. The SMILES string of the molecule is CC(C)(CNC(=O)c1cccnc1N1CCCCC1)c1ccccc1F. The van der Waals surface area contributed by atoms with Gasteiger partial charge in [-0.25, -0.2) is 9.37 Å². The Morgan fingerprint density at radius 1 is 1.15 bits per heavy atom. The average molecular weight is 355 g/mol. The third-order valence-electron chi connectivity index (χ3n) is 4.98. The number of halogens is 1. The van der Waals surface area contributed by atoms with Crippen LogP contribution in [0.5, 0.6) is 0 Å². The molecule has 4 nitrogen and oxygen atoms in total. The lowest BCUT2D eigenvalue weighted by Gasteiger charge is -2.30. The normalized spacial score (nSPS) is 15.0. The Morgan fingerprint density at radius 2 is 1.88 bits per heavy atom.